The third kappa shape index (κ3) is 6.90. The van der Waals surface area contributed by atoms with Crippen molar-refractivity contribution >= 4 is 34.0 Å². The van der Waals surface area contributed by atoms with Crippen LogP contribution in [0.3, 0.4) is 0 Å². The first kappa shape index (κ1) is 24.9. The minimum absolute atomic E-state index is 0.377. The molecule has 0 spiro atoms. The number of carbonyl (C=O) groups excluding carboxylic acids is 2. The van der Waals surface area contributed by atoms with Gasteiger partial charge >= 0.3 is 5.97 Å². The van der Waals surface area contributed by atoms with Crippen LogP contribution in [0.2, 0.25) is 0 Å². The van der Waals surface area contributed by atoms with Crippen LogP contribution in [0.4, 0.5) is 0 Å². The van der Waals surface area contributed by atoms with Crippen molar-refractivity contribution in [2.75, 3.05) is 0 Å². The smallest absolute Gasteiger partial charge is 0.343 e. The molecule has 0 saturated heterocycles. The molecule has 0 bridgehead atoms. The van der Waals surface area contributed by atoms with Crippen LogP contribution < -0.4 is 14.9 Å². The van der Waals surface area contributed by atoms with Crippen molar-refractivity contribution < 1.29 is 19.1 Å². The molecule has 6 nitrogen and oxygen atoms in total. The maximum Gasteiger partial charge on any atom is 0.343 e. The van der Waals surface area contributed by atoms with Gasteiger partial charge in [-0.25, -0.2) is 10.2 Å². The third-order valence-electron chi connectivity index (χ3n) is 5.18. The Labute approximate surface area is 217 Å². The van der Waals surface area contributed by atoms with Crippen LogP contribution in [-0.4, -0.2) is 24.2 Å². The molecule has 0 radical (unpaired) electrons. The fourth-order valence-corrected chi connectivity index (χ4v) is 3.68. The van der Waals surface area contributed by atoms with Gasteiger partial charge in [0.05, 0.1) is 11.8 Å². The fraction of sp³-hybridized carbons (Fsp3) is 0.0690. The van der Waals surface area contributed by atoms with E-state index in [-0.39, 0.29) is 5.91 Å². The summed E-state index contributed by atoms with van der Waals surface area (Å²) in [6.45, 7) is 1.66. The minimum atomic E-state index is -0.732. The summed E-state index contributed by atoms with van der Waals surface area (Å²) in [6.07, 6.45) is 0.767. The van der Waals surface area contributed by atoms with Gasteiger partial charge in [-0.15, -0.1) is 0 Å². The first-order valence-electron chi connectivity index (χ1n) is 11.2. The number of hydrogen-bond donors (Lipinski definition) is 1. The normalized spacial score (nSPS) is 11.6. The zero-order valence-electron chi connectivity index (χ0n) is 19.4. The van der Waals surface area contributed by atoms with Gasteiger partial charge < -0.3 is 9.47 Å². The lowest BCUT2D eigenvalue weighted by Crippen LogP contribution is -2.33. The van der Waals surface area contributed by atoms with E-state index < -0.39 is 12.1 Å². The van der Waals surface area contributed by atoms with Crippen molar-refractivity contribution in [2.45, 2.75) is 13.0 Å². The van der Waals surface area contributed by atoms with Crippen LogP contribution >= 0.6 is 15.9 Å². The van der Waals surface area contributed by atoms with Gasteiger partial charge in [-0.3, -0.25) is 4.79 Å². The average Bonchev–Trinajstić information content (AvgIpc) is 2.90. The molecule has 1 atom stereocenters. The van der Waals surface area contributed by atoms with Gasteiger partial charge in [0.25, 0.3) is 5.91 Å². The molecule has 36 heavy (non-hydrogen) atoms. The monoisotopic (exact) mass is 542 g/mol. The molecule has 0 saturated carbocycles. The van der Waals surface area contributed by atoms with Crippen LogP contribution in [0.1, 0.15) is 22.8 Å². The average molecular weight is 543 g/mol. The molecule has 4 aromatic rings. The van der Waals surface area contributed by atoms with E-state index in [9.17, 15) is 9.59 Å². The zero-order chi connectivity index (χ0) is 25.3. The highest BCUT2D eigenvalue weighted by Crippen LogP contribution is 2.22. The number of amides is 1. The summed E-state index contributed by atoms with van der Waals surface area (Å²) in [6, 6.07) is 31.3. The Kier molecular flexibility index (Phi) is 8.26. The highest BCUT2D eigenvalue weighted by molar-refractivity contribution is 9.10. The Bertz CT molecular complexity index is 1350. The Morgan fingerprint density at radius 2 is 1.50 bits per heavy atom. The number of rotatable bonds is 8. The van der Waals surface area contributed by atoms with Gasteiger partial charge in [0.2, 0.25) is 0 Å². The third-order valence-corrected chi connectivity index (χ3v) is 5.68. The van der Waals surface area contributed by atoms with E-state index in [1.807, 2.05) is 60.7 Å². The summed E-state index contributed by atoms with van der Waals surface area (Å²) in [4.78, 5) is 24.6. The second kappa shape index (κ2) is 12.0. The second-order valence-corrected chi connectivity index (χ2v) is 8.77. The lowest BCUT2D eigenvalue weighted by Gasteiger charge is -2.13. The summed E-state index contributed by atoms with van der Waals surface area (Å²) in [5, 5.41) is 3.99. The molecule has 0 aliphatic carbocycles. The molecular formula is C29H23BrN2O4. The first-order valence-corrected chi connectivity index (χ1v) is 12.0. The van der Waals surface area contributed by atoms with E-state index in [4.69, 9.17) is 9.47 Å². The molecule has 7 heteroatoms. The number of benzene rings is 4. The predicted molar refractivity (Wildman–Crippen MR) is 143 cm³/mol. The highest BCUT2D eigenvalue weighted by atomic mass is 79.9. The molecule has 1 unspecified atom stereocenters. The van der Waals surface area contributed by atoms with Crippen molar-refractivity contribution in [1.82, 2.24) is 5.43 Å². The van der Waals surface area contributed by atoms with Gasteiger partial charge in [0.1, 0.15) is 11.5 Å². The maximum absolute atomic E-state index is 12.3. The molecule has 4 aromatic carbocycles. The van der Waals surface area contributed by atoms with E-state index in [2.05, 4.69) is 26.5 Å². The summed E-state index contributed by atoms with van der Waals surface area (Å²) < 4.78 is 11.9. The van der Waals surface area contributed by atoms with Crippen molar-refractivity contribution in [3.8, 4) is 22.6 Å². The van der Waals surface area contributed by atoms with Crippen molar-refractivity contribution in [1.29, 1.82) is 0 Å². The largest absolute Gasteiger partial charge is 0.481 e. The summed E-state index contributed by atoms with van der Waals surface area (Å²) in [5.41, 5.74) is 5.83. The quantitative estimate of drug-likeness (QED) is 0.123. The molecule has 0 fully saturated rings. The Balaban J connectivity index is 1.26. The van der Waals surface area contributed by atoms with Crippen molar-refractivity contribution in [3.63, 3.8) is 0 Å². The number of nitrogens with one attached hydrogen (secondary N) is 1. The van der Waals surface area contributed by atoms with Crippen molar-refractivity contribution in [3.05, 3.63) is 119 Å². The molecule has 1 N–H and O–H groups in total. The summed E-state index contributed by atoms with van der Waals surface area (Å²) >= 11 is 3.34. The van der Waals surface area contributed by atoms with Gasteiger partial charge in [-0.05, 0) is 78.2 Å². The molecule has 0 heterocycles. The fourth-order valence-electron chi connectivity index (χ4n) is 3.28. The molecular weight excluding hydrogens is 520 g/mol. The Morgan fingerprint density at radius 1 is 0.833 bits per heavy atom. The van der Waals surface area contributed by atoms with Gasteiger partial charge in [0.15, 0.2) is 6.10 Å². The first-order chi connectivity index (χ1) is 17.5. The molecule has 0 aliphatic rings. The molecule has 0 aromatic heterocycles. The SMILES string of the molecule is CC(Oc1ccc(-c2ccccc2)cc1)C(=O)N/N=C/c1ccc(OC(=O)c2cccc(Br)c2)cc1. The number of nitrogens with zero attached hydrogens (tertiary/aromatic N) is 1. The minimum Gasteiger partial charge on any atom is -0.481 e. The van der Waals surface area contributed by atoms with E-state index >= 15 is 0 Å². The van der Waals surface area contributed by atoms with E-state index in [1.54, 1.807) is 49.4 Å². The van der Waals surface area contributed by atoms with Crippen LogP contribution in [0.25, 0.3) is 11.1 Å². The van der Waals surface area contributed by atoms with Crippen LogP contribution in [-0.2, 0) is 4.79 Å². The number of hydrazone groups is 1. The Morgan fingerprint density at radius 3 is 2.19 bits per heavy atom. The zero-order valence-corrected chi connectivity index (χ0v) is 21.0. The number of esters is 1. The van der Waals surface area contributed by atoms with Gasteiger partial charge in [-0.1, -0.05) is 64.5 Å². The second-order valence-electron chi connectivity index (χ2n) is 7.85. The number of halogens is 1. The van der Waals surface area contributed by atoms with Crippen LogP contribution in [0, 0.1) is 0 Å². The Hall–Kier alpha value is -4.23. The predicted octanol–water partition coefficient (Wildman–Crippen LogP) is 6.25. The van der Waals surface area contributed by atoms with Crippen LogP contribution in [0.15, 0.2) is 113 Å². The summed E-state index contributed by atoms with van der Waals surface area (Å²) in [7, 11) is 0. The molecule has 1 amide bonds. The van der Waals surface area contributed by atoms with E-state index in [1.165, 1.54) is 6.21 Å². The van der Waals surface area contributed by atoms with E-state index in [0.717, 1.165) is 21.2 Å². The maximum atomic E-state index is 12.3. The lowest BCUT2D eigenvalue weighted by atomic mass is 10.1. The number of carbonyl (C=O) groups is 2. The number of ether oxygens (including phenoxy) is 2. The van der Waals surface area contributed by atoms with Gasteiger partial charge in [0, 0.05) is 4.47 Å². The van der Waals surface area contributed by atoms with E-state index in [0.29, 0.717) is 17.1 Å². The van der Waals surface area contributed by atoms with Crippen LogP contribution in [0.5, 0.6) is 11.5 Å². The van der Waals surface area contributed by atoms with Crippen molar-refractivity contribution in [2.24, 2.45) is 5.10 Å². The lowest BCUT2D eigenvalue weighted by molar-refractivity contribution is -0.127. The van der Waals surface area contributed by atoms with Gasteiger partial charge in [-0.2, -0.15) is 5.10 Å². The topological polar surface area (TPSA) is 77.0 Å². The molecule has 180 valence electrons. The molecule has 0 aliphatic heterocycles. The highest BCUT2D eigenvalue weighted by Gasteiger charge is 2.14. The number of hydrogen-bond acceptors (Lipinski definition) is 5. The summed E-state index contributed by atoms with van der Waals surface area (Å²) in [5.74, 6) is 0.169. The molecule has 4 rings (SSSR count). The standard InChI is InChI=1S/C29H23BrN2O4/c1-20(35-26-16-12-23(13-17-26)22-6-3-2-4-7-22)28(33)32-31-19-21-10-14-27(15-11-21)36-29(34)24-8-5-9-25(30)18-24/h2-20H,1H3,(H,32,33)/b31-19+.